The van der Waals surface area contributed by atoms with Gasteiger partial charge in [0.05, 0.1) is 48.4 Å². The number of fused-ring (bicyclic) bond motifs is 1. The fourth-order valence-corrected chi connectivity index (χ4v) is 4.65. The molecule has 0 bridgehead atoms. The maximum absolute atomic E-state index is 12.5. The molecule has 0 aliphatic heterocycles. The van der Waals surface area contributed by atoms with Crippen LogP contribution in [-0.4, -0.2) is 64.8 Å². The van der Waals surface area contributed by atoms with Gasteiger partial charge in [-0.3, -0.25) is 9.59 Å². The maximum Gasteiger partial charge on any atom is 0.311 e. The summed E-state index contributed by atoms with van der Waals surface area (Å²) >= 11 is 0. The van der Waals surface area contributed by atoms with E-state index < -0.39 is 12.0 Å². The lowest BCUT2D eigenvalue weighted by Gasteiger charge is -2.21. The number of esters is 1. The Labute approximate surface area is 218 Å². The molecule has 0 amide bonds. The second-order valence-corrected chi connectivity index (χ2v) is 9.89. The number of aliphatic hydroxyl groups is 1. The van der Waals surface area contributed by atoms with Crippen LogP contribution in [0.4, 0.5) is 0 Å². The van der Waals surface area contributed by atoms with E-state index in [1.165, 1.54) is 0 Å². The van der Waals surface area contributed by atoms with Crippen LogP contribution in [0.2, 0.25) is 0 Å². The van der Waals surface area contributed by atoms with Gasteiger partial charge in [-0.25, -0.2) is 4.98 Å². The molecule has 0 spiro atoms. The van der Waals surface area contributed by atoms with Crippen LogP contribution in [0.5, 0.6) is 0 Å². The number of carbonyl (C=O) groups excluding carboxylic acids is 1. The summed E-state index contributed by atoms with van der Waals surface area (Å²) in [6, 6.07) is 7.75. The summed E-state index contributed by atoms with van der Waals surface area (Å²) in [6.45, 7) is 7.85. The molecule has 3 aromatic rings. The summed E-state index contributed by atoms with van der Waals surface area (Å²) in [7, 11) is 5.03. The molecule has 1 aromatic carbocycles. The van der Waals surface area contributed by atoms with E-state index >= 15 is 0 Å². The Hall–Kier alpha value is -3.01. The Morgan fingerprint density at radius 2 is 1.78 bits per heavy atom. The number of carbonyl (C=O) groups is 1. The van der Waals surface area contributed by atoms with Crippen molar-refractivity contribution in [2.45, 2.75) is 58.8 Å². The number of nitrogens with zero attached hydrogens (tertiary/aromatic N) is 3. The van der Waals surface area contributed by atoms with Crippen molar-refractivity contribution in [2.24, 2.45) is 13.0 Å². The lowest BCUT2D eigenvalue weighted by atomic mass is 9.95. The van der Waals surface area contributed by atoms with Crippen molar-refractivity contribution < 1.29 is 24.1 Å². The van der Waals surface area contributed by atoms with Gasteiger partial charge in [-0.2, -0.15) is 0 Å². The SMILES string of the molecule is COCC(COC)n1c(-c2cc(C)c(=O)n(C)c2)nc2cc(CCC(C(=O)OC(C)C)C(C)O)ccc21. The van der Waals surface area contributed by atoms with E-state index in [4.69, 9.17) is 19.2 Å². The van der Waals surface area contributed by atoms with E-state index in [9.17, 15) is 14.7 Å². The van der Waals surface area contributed by atoms with Gasteiger partial charge in [-0.15, -0.1) is 0 Å². The molecule has 0 radical (unpaired) electrons. The molecule has 2 aromatic heterocycles. The van der Waals surface area contributed by atoms with E-state index in [0.29, 0.717) is 37.4 Å². The van der Waals surface area contributed by atoms with Crippen molar-refractivity contribution in [1.29, 1.82) is 0 Å². The van der Waals surface area contributed by atoms with E-state index in [0.717, 1.165) is 22.2 Å². The molecule has 0 saturated heterocycles. The van der Waals surface area contributed by atoms with Gasteiger partial charge in [-0.1, -0.05) is 6.07 Å². The molecule has 0 fully saturated rings. The first-order valence-corrected chi connectivity index (χ1v) is 12.6. The highest BCUT2D eigenvalue weighted by Gasteiger charge is 2.26. The van der Waals surface area contributed by atoms with Gasteiger partial charge in [0, 0.05) is 38.6 Å². The number of pyridine rings is 1. The fourth-order valence-electron chi connectivity index (χ4n) is 4.65. The van der Waals surface area contributed by atoms with E-state index in [1.54, 1.807) is 59.7 Å². The first-order chi connectivity index (χ1) is 17.6. The molecule has 1 N–H and O–H groups in total. The molecule has 9 nitrogen and oxygen atoms in total. The minimum Gasteiger partial charge on any atom is -0.463 e. The molecule has 37 heavy (non-hydrogen) atoms. The largest absolute Gasteiger partial charge is 0.463 e. The van der Waals surface area contributed by atoms with Gasteiger partial charge < -0.3 is 28.5 Å². The van der Waals surface area contributed by atoms with Gasteiger partial charge in [-0.05, 0) is 64.3 Å². The van der Waals surface area contributed by atoms with Gasteiger partial charge in [0.25, 0.3) is 5.56 Å². The summed E-state index contributed by atoms with van der Waals surface area (Å²) in [4.78, 5) is 29.8. The Morgan fingerprint density at radius 1 is 1.11 bits per heavy atom. The molecule has 2 atom stereocenters. The second-order valence-electron chi connectivity index (χ2n) is 9.89. The van der Waals surface area contributed by atoms with Crippen LogP contribution in [0.1, 0.15) is 44.4 Å². The Morgan fingerprint density at radius 3 is 2.35 bits per heavy atom. The number of hydrogen-bond acceptors (Lipinski definition) is 7. The van der Waals surface area contributed by atoms with Crippen molar-refractivity contribution in [3.63, 3.8) is 0 Å². The third kappa shape index (κ3) is 6.66. The molecule has 202 valence electrons. The number of aryl methyl sites for hydroxylation is 3. The van der Waals surface area contributed by atoms with Crippen molar-refractivity contribution in [1.82, 2.24) is 14.1 Å². The minimum atomic E-state index is -0.808. The molecule has 3 rings (SSSR count). The zero-order chi connectivity index (χ0) is 27.3. The normalized spacial score (nSPS) is 13.5. The first-order valence-electron chi connectivity index (χ1n) is 12.6. The van der Waals surface area contributed by atoms with Crippen molar-refractivity contribution >= 4 is 17.0 Å². The number of imidazole rings is 1. The van der Waals surface area contributed by atoms with Gasteiger partial charge >= 0.3 is 5.97 Å². The first kappa shape index (κ1) is 28.6. The summed E-state index contributed by atoms with van der Waals surface area (Å²) in [5, 5.41) is 10.2. The fraction of sp³-hybridized carbons (Fsp3) is 0.536. The van der Waals surface area contributed by atoms with Crippen LogP contribution in [0.3, 0.4) is 0 Å². The zero-order valence-electron chi connectivity index (χ0n) is 22.9. The average Bonchev–Trinajstić information content (AvgIpc) is 3.20. The number of benzene rings is 1. The Kier molecular flexibility index (Phi) is 9.64. The molecule has 9 heteroatoms. The van der Waals surface area contributed by atoms with E-state index in [2.05, 4.69) is 4.57 Å². The van der Waals surface area contributed by atoms with Gasteiger partial charge in [0.15, 0.2) is 0 Å². The number of aromatic nitrogens is 3. The van der Waals surface area contributed by atoms with Crippen molar-refractivity contribution in [3.05, 3.63) is 51.9 Å². The van der Waals surface area contributed by atoms with Gasteiger partial charge in [0.2, 0.25) is 0 Å². The van der Waals surface area contributed by atoms with Crippen LogP contribution >= 0.6 is 0 Å². The molecule has 0 saturated carbocycles. The highest BCUT2D eigenvalue weighted by molar-refractivity contribution is 5.81. The highest BCUT2D eigenvalue weighted by Crippen LogP contribution is 2.30. The predicted octanol–water partition coefficient (Wildman–Crippen LogP) is 3.43. The van der Waals surface area contributed by atoms with E-state index in [1.807, 2.05) is 24.3 Å². The standard InChI is InChI=1S/C28H39N3O6/c1-17(2)37-28(34)23(19(4)32)10-8-20-9-11-25-24(13-20)29-26(31(25)22(15-35-6)16-36-7)21-12-18(3)27(33)30(5)14-21/h9,11-14,17,19,22-23,32H,8,10,15-16H2,1-7H3. The highest BCUT2D eigenvalue weighted by atomic mass is 16.5. The van der Waals surface area contributed by atoms with Crippen molar-refractivity contribution in [2.75, 3.05) is 27.4 Å². The van der Waals surface area contributed by atoms with Crippen LogP contribution in [0, 0.1) is 12.8 Å². The number of aliphatic hydroxyl groups excluding tert-OH is 1. The third-order valence-electron chi connectivity index (χ3n) is 6.44. The monoisotopic (exact) mass is 513 g/mol. The number of hydrogen-bond donors (Lipinski definition) is 1. The van der Waals surface area contributed by atoms with Crippen LogP contribution in [0.25, 0.3) is 22.4 Å². The second kappa shape index (κ2) is 12.5. The lowest BCUT2D eigenvalue weighted by molar-refractivity contribution is -0.156. The molecule has 0 aliphatic carbocycles. The third-order valence-corrected chi connectivity index (χ3v) is 6.44. The van der Waals surface area contributed by atoms with Gasteiger partial charge in [0.1, 0.15) is 5.82 Å². The van der Waals surface area contributed by atoms with Crippen LogP contribution in [0.15, 0.2) is 35.3 Å². The summed E-state index contributed by atoms with van der Waals surface area (Å²) < 4.78 is 20.0. The molecular formula is C28H39N3O6. The van der Waals surface area contributed by atoms with Crippen LogP contribution < -0.4 is 5.56 Å². The van der Waals surface area contributed by atoms with Crippen LogP contribution in [-0.2, 0) is 32.5 Å². The average molecular weight is 514 g/mol. The number of ether oxygens (including phenoxy) is 3. The predicted molar refractivity (Wildman–Crippen MR) is 143 cm³/mol. The molecule has 2 heterocycles. The zero-order valence-corrected chi connectivity index (χ0v) is 22.9. The summed E-state index contributed by atoms with van der Waals surface area (Å²) in [6.07, 6.45) is 1.79. The molecular weight excluding hydrogens is 474 g/mol. The lowest BCUT2D eigenvalue weighted by Crippen LogP contribution is -2.30. The number of methoxy groups -OCH3 is 2. The molecule has 2 unspecified atom stereocenters. The quantitative estimate of drug-likeness (QED) is 0.370. The Balaban J connectivity index is 2.04. The topological polar surface area (TPSA) is 105 Å². The Bertz CT molecular complexity index is 1240. The number of rotatable bonds is 12. The summed E-state index contributed by atoms with van der Waals surface area (Å²) in [5.74, 6) is -0.274. The minimum absolute atomic E-state index is 0.0531. The smallest absolute Gasteiger partial charge is 0.311 e. The molecule has 0 aliphatic rings. The van der Waals surface area contributed by atoms with E-state index in [-0.39, 0.29) is 23.7 Å². The maximum atomic E-state index is 12.5. The summed E-state index contributed by atoms with van der Waals surface area (Å²) in [5.41, 5.74) is 4.10. The van der Waals surface area contributed by atoms with Crippen molar-refractivity contribution in [3.8, 4) is 11.4 Å².